The minimum atomic E-state index is -0.462. The number of nitrogens with zero attached hydrogens (tertiary/aromatic N) is 1. The third-order valence-corrected chi connectivity index (χ3v) is 3.27. The predicted octanol–water partition coefficient (Wildman–Crippen LogP) is 3.07. The number of H-pyrrole nitrogens is 1. The first-order valence-corrected chi connectivity index (χ1v) is 6.34. The van der Waals surface area contributed by atoms with Crippen molar-refractivity contribution >= 4 is 17.4 Å². The number of rotatable bonds is 2. The summed E-state index contributed by atoms with van der Waals surface area (Å²) in [7, 11) is 0. The molecule has 0 saturated carbocycles. The summed E-state index contributed by atoms with van der Waals surface area (Å²) in [5, 5.41) is 3.88. The van der Waals surface area contributed by atoms with E-state index >= 15 is 0 Å². The van der Waals surface area contributed by atoms with Crippen LogP contribution in [0.1, 0.15) is 0 Å². The third-order valence-electron chi connectivity index (χ3n) is 2.96. The topological polar surface area (TPSA) is 84.9 Å². The molecule has 21 heavy (non-hydrogen) atoms. The molecule has 3 aromatic rings. The first kappa shape index (κ1) is 13.4. The van der Waals surface area contributed by atoms with Gasteiger partial charge in [0.15, 0.2) is 11.6 Å². The molecule has 3 N–H and O–H groups in total. The van der Waals surface area contributed by atoms with Crippen molar-refractivity contribution in [3.05, 3.63) is 57.7 Å². The molecule has 1 aromatic carbocycles. The van der Waals surface area contributed by atoms with E-state index in [-0.39, 0.29) is 16.4 Å². The summed E-state index contributed by atoms with van der Waals surface area (Å²) in [5.41, 5.74) is 6.92. The molecule has 0 bridgehead atoms. The van der Waals surface area contributed by atoms with Crippen molar-refractivity contribution in [2.45, 2.75) is 0 Å². The molecular weight excluding hydrogens is 297 g/mol. The molecule has 0 aliphatic heterocycles. The smallest absolute Gasteiger partial charge is 0.248 e. The maximum Gasteiger partial charge on any atom is 0.248 e. The number of aromatic nitrogens is 2. The fourth-order valence-corrected chi connectivity index (χ4v) is 2.30. The number of benzene rings is 1. The van der Waals surface area contributed by atoms with Gasteiger partial charge in [-0.2, -0.15) is 0 Å². The number of halogens is 2. The van der Waals surface area contributed by atoms with Gasteiger partial charge in [0, 0.05) is 23.4 Å². The van der Waals surface area contributed by atoms with Crippen LogP contribution in [0.15, 0.2) is 45.8 Å². The molecule has 0 aliphatic rings. The molecule has 2 aromatic heterocycles. The van der Waals surface area contributed by atoms with E-state index in [1.807, 2.05) is 0 Å². The lowest BCUT2D eigenvalue weighted by atomic mass is 10.0. The first-order chi connectivity index (χ1) is 10.1. The lowest BCUT2D eigenvalue weighted by molar-refractivity contribution is 0.436. The molecule has 0 fully saturated rings. The first-order valence-electron chi connectivity index (χ1n) is 5.96. The van der Waals surface area contributed by atoms with E-state index in [0.717, 1.165) is 0 Å². The Hall–Kier alpha value is -2.60. The molecule has 0 saturated heterocycles. The number of hydrogen-bond donors (Lipinski definition) is 2. The lowest BCUT2D eigenvalue weighted by Crippen LogP contribution is -2.02. The average Bonchev–Trinajstić information content (AvgIpc) is 2.81. The van der Waals surface area contributed by atoms with Crippen LogP contribution in [0.4, 0.5) is 10.2 Å². The van der Waals surface area contributed by atoms with Crippen molar-refractivity contribution in [2.24, 2.45) is 0 Å². The molecule has 5 nitrogen and oxygen atoms in total. The number of pyridine rings is 1. The van der Waals surface area contributed by atoms with Crippen LogP contribution in [0.5, 0.6) is 0 Å². The summed E-state index contributed by atoms with van der Waals surface area (Å²) in [4.78, 5) is 13.9. The fraction of sp³-hybridized carbons (Fsp3) is 0. The minimum Gasteiger partial charge on any atom is -0.380 e. The molecule has 0 spiro atoms. The van der Waals surface area contributed by atoms with E-state index < -0.39 is 5.82 Å². The largest absolute Gasteiger partial charge is 0.380 e. The Bertz CT molecular complexity index is 873. The minimum absolute atomic E-state index is 0.110. The number of aromatic amines is 1. The van der Waals surface area contributed by atoms with Gasteiger partial charge in [-0.3, -0.25) is 4.79 Å². The Kier molecular flexibility index (Phi) is 3.23. The number of nitrogen functional groups attached to an aromatic ring is 1. The Morgan fingerprint density at radius 1 is 1.29 bits per heavy atom. The lowest BCUT2D eigenvalue weighted by Gasteiger charge is -2.05. The molecule has 106 valence electrons. The van der Waals surface area contributed by atoms with Crippen LogP contribution in [0.3, 0.4) is 0 Å². The highest BCUT2D eigenvalue weighted by Crippen LogP contribution is 2.39. The highest BCUT2D eigenvalue weighted by molar-refractivity contribution is 6.33. The van der Waals surface area contributed by atoms with Crippen LogP contribution in [-0.2, 0) is 0 Å². The van der Waals surface area contributed by atoms with Gasteiger partial charge >= 0.3 is 0 Å². The monoisotopic (exact) mass is 305 g/mol. The van der Waals surface area contributed by atoms with Gasteiger partial charge in [0.1, 0.15) is 5.82 Å². The zero-order chi connectivity index (χ0) is 15.0. The Balaban J connectivity index is 2.24. The average molecular weight is 306 g/mol. The van der Waals surface area contributed by atoms with Gasteiger partial charge in [0.05, 0.1) is 10.6 Å². The Morgan fingerprint density at radius 2 is 2.10 bits per heavy atom. The summed E-state index contributed by atoms with van der Waals surface area (Å²) in [5.74, 6) is -0.0534. The zero-order valence-corrected chi connectivity index (χ0v) is 11.3. The van der Waals surface area contributed by atoms with Crippen molar-refractivity contribution in [3.8, 4) is 22.5 Å². The molecule has 2 heterocycles. The number of nitrogens with two attached hydrogens (primary N) is 1. The van der Waals surface area contributed by atoms with E-state index in [2.05, 4.69) is 10.1 Å². The van der Waals surface area contributed by atoms with Crippen molar-refractivity contribution < 1.29 is 8.91 Å². The molecule has 0 radical (unpaired) electrons. The van der Waals surface area contributed by atoms with Crippen molar-refractivity contribution in [1.29, 1.82) is 0 Å². The highest BCUT2D eigenvalue weighted by Gasteiger charge is 2.20. The second-order valence-electron chi connectivity index (χ2n) is 4.34. The highest BCUT2D eigenvalue weighted by atomic mass is 35.5. The quantitative estimate of drug-likeness (QED) is 0.762. The number of anilines is 1. The van der Waals surface area contributed by atoms with Crippen LogP contribution >= 0.6 is 11.6 Å². The van der Waals surface area contributed by atoms with Crippen LogP contribution in [0.25, 0.3) is 22.5 Å². The van der Waals surface area contributed by atoms with Gasteiger partial charge in [-0.25, -0.2) is 4.39 Å². The molecule has 0 unspecified atom stereocenters. The maximum absolute atomic E-state index is 13.2. The molecule has 7 heteroatoms. The fourth-order valence-electron chi connectivity index (χ4n) is 2.04. The third kappa shape index (κ3) is 2.41. The summed E-state index contributed by atoms with van der Waals surface area (Å²) < 4.78 is 18.4. The van der Waals surface area contributed by atoms with E-state index in [9.17, 15) is 9.18 Å². The van der Waals surface area contributed by atoms with E-state index in [0.29, 0.717) is 22.5 Å². The zero-order valence-electron chi connectivity index (χ0n) is 10.6. The van der Waals surface area contributed by atoms with Gasteiger partial charge in [-0.15, -0.1) is 0 Å². The predicted molar refractivity (Wildman–Crippen MR) is 77.4 cm³/mol. The maximum atomic E-state index is 13.2. The van der Waals surface area contributed by atoms with Crippen molar-refractivity contribution in [1.82, 2.24) is 10.1 Å². The molecule has 0 amide bonds. The van der Waals surface area contributed by atoms with Crippen LogP contribution in [0, 0.1) is 5.82 Å². The number of nitrogens with one attached hydrogen (secondary N) is 1. The standard InChI is InChI=1S/C14H9ClFN3O2/c15-10-6-8(16)1-2-9(10)12-13(21-19-14(12)17)7-3-4-18-11(20)5-7/h1-6H,(H2,17,19)(H,18,20). The Labute approximate surface area is 123 Å². The van der Waals surface area contributed by atoms with Crippen LogP contribution in [0.2, 0.25) is 5.02 Å². The van der Waals surface area contributed by atoms with E-state index in [1.165, 1.54) is 30.5 Å². The van der Waals surface area contributed by atoms with Crippen LogP contribution < -0.4 is 11.3 Å². The van der Waals surface area contributed by atoms with Gasteiger partial charge in [-0.05, 0) is 24.3 Å². The van der Waals surface area contributed by atoms with Crippen LogP contribution in [-0.4, -0.2) is 10.1 Å². The van der Waals surface area contributed by atoms with Crippen molar-refractivity contribution in [3.63, 3.8) is 0 Å². The second kappa shape index (κ2) is 5.06. The second-order valence-corrected chi connectivity index (χ2v) is 4.74. The van der Waals surface area contributed by atoms with Gasteiger partial charge in [-0.1, -0.05) is 16.8 Å². The summed E-state index contributed by atoms with van der Waals surface area (Å²) in [6.45, 7) is 0. The van der Waals surface area contributed by atoms with Gasteiger partial charge in [0.25, 0.3) is 0 Å². The molecular formula is C14H9ClFN3O2. The van der Waals surface area contributed by atoms with Gasteiger partial charge in [0.2, 0.25) is 5.56 Å². The summed E-state index contributed by atoms with van der Waals surface area (Å²) in [6, 6.07) is 6.90. The van der Waals surface area contributed by atoms with E-state index in [1.54, 1.807) is 6.07 Å². The normalized spacial score (nSPS) is 10.8. The van der Waals surface area contributed by atoms with Crippen molar-refractivity contribution in [2.75, 3.05) is 5.73 Å². The van der Waals surface area contributed by atoms with Gasteiger partial charge < -0.3 is 15.2 Å². The molecule has 0 aliphatic carbocycles. The molecule has 0 atom stereocenters. The SMILES string of the molecule is Nc1noc(-c2cc[nH]c(=O)c2)c1-c1ccc(F)cc1Cl. The molecule has 3 rings (SSSR count). The summed E-state index contributed by atoms with van der Waals surface area (Å²) in [6.07, 6.45) is 1.48. The Morgan fingerprint density at radius 3 is 2.81 bits per heavy atom. The van der Waals surface area contributed by atoms with E-state index in [4.69, 9.17) is 21.9 Å². The number of hydrogen-bond acceptors (Lipinski definition) is 4. The summed E-state index contributed by atoms with van der Waals surface area (Å²) >= 11 is 6.05.